The third-order valence-electron chi connectivity index (χ3n) is 4.11. The van der Waals surface area contributed by atoms with Gasteiger partial charge in [0.05, 0.1) is 17.5 Å². The van der Waals surface area contributed by atoms with Gasteiger partial charge < -0.3 is 20.2 Å². The molecule has 2 rings (SSSR count). The first-order valence-electron chi connectivity index (χ1n) is 7.59. The number of nitrogens with one attached hydrogen (secondary N) is 1. The van der Waals surface area contributed by atoms with E-state index in [-0.39, 0.29) is 18.1 Å². The number of amides is 2. The molecule has 1 heterocycles. The Hall–Kier alpha value is -1.46. The van der Waals surface area contributed by atoms with Crippen molar-refractivity contribution in [2.45, 2.75) is 25.9 Å². The lowest BCUT2D eigenvalue weighted by Gasteiger charge is -2.34. The van der Waals surface area contributed by atoms with Gasteiger partial charge in [-0.15, -0.1) is 0 Å². The Morgan fingerprint density at radius 1 is 1.50 bits per heavy atom. The summed E-state index contributed by atoms with van der Waals surface area (Å²) in [5, 5.41) is 13.3. The number of piperidine rings is 1. The minimum atomic E-state index is -0.390. The number of carbonyl (C=O) groups excluding carboxylic acids is 1. The SMILES string of the molecule is CC(O)C1CCCN(C(=O)Nc2cc(Cl)ccc2N(C)C)C1. The molecule has 1 aromatic carbocycles. The molecule has 2 unspecified atom stereocenters. The molecule has 1 aliphatic rings. The van der Waals surface area contributed by atoms with Crippen LogP contribution in [0, 0.1) is 5.92 Å². The van der Waals surface area contributed by atoms with Crippen molar-refractivity contribution in [1.29, 1.82) is 0 Å². The van der Waals surface area contributed by atoms with E-state index >= 15 is 0 Å². The molecule has 0 spiro atoms. The van der Waals surface area contributed by atoms with Crippen LogP contribution in [-0.4, -0.2) is 49.3 Å². The molecule has 0 saturated carbocycles. The molecule has 2 N–H and O–H groups in total. The number of halogens is 1. The lowest BCUT2D eigenvalue weighted by molar-refractivity contribution is 0.0766. The number of carbonyl (C=O) groups is 1. The zero-order valence-corrected chi connectivity index (χ0v) is 14.1. The van der Waals surface area contributed by atoms with E-state index in [1.807, 2.05) is 25.1 Å². The molecule has 0 aliphatic carbocycles. The van der Waals surface area contributed by atoms with E-state index < -0.39 is 0 Å². The van der Waals surface area contributed by atoms with Crippen molar-refractivity contribution < 1.29 is 9.90 Å². The maximum Gasteiger partial charge on any atom is 0.321 e. The van der Waals surface area contributed by atoms with Gasteiger partial charge >= 0.3 is 6.03 Å². The molecule has 5 nitrogen and oxygen atoms in total. The summed E-state index contributed by atoms with van der Waals surface area (Å²) in [6.07, 6.45) is 1.49. The van der Waals surface area contributed by atoms with Crippen LogP contribution in [-0.2, 0) is 0 Å². The zero-order valence-electron chi connectivity index (χ0n) is 13.3. The summed E-state index contributed by atoms with van der Waals surface area (Å²) in [5.41, 5.74) is 1.60. The van der Waals surface area contributed by atoms with Crippen LogP contribution in [0.4, 0.5) is 16.2 Å². The van der Waals surface area contributed by atoms with E-state index in [1.165, 1.54) is 0 Å². The number of aliphatic hydroxyl groups is 1. The van der Waals surface area contributed by atoms with Gasteiger partial charge in [0, 0.05) is 38.1 Å². The Balaban J connectivity index is 2.10. The van der Waals surface area contributed by atoms with Crippen LogP contribution < -0.4 is 10.2 Å². The smallest absolute Gasteiger partial charge is 0.321 e. The molecule has 122 valence electrons. The van der Waals surface area contributed by atoms with Crippen LogP contribution in [0.2, 0.25) is 5.02 Å². The number of benzene rings is 1. The predicted molar refractivity (Wildman–Crippen MR) is 90.8 cm³/mol. The topological polar surface area (TPSA) is 55.8 Å². The van der Waals surface area contributed by atoms with Crippen molar-refractivity contribution in [1.82, 2.24) is 4.90 Å². The van der Waals surface area contributed by atoms with Gasteiger partial charge in [0.25, 0.3) is 0 Å². The maximum atomic E-state index is 12.5. The predicted octanol–water partition coefficient (Wildman–Crippen LogP) is 3.03. The largest absolute Gasteiger partial charge is 0.393 e. The Morgan fingerprint density at radius 2 is 2.23 bits per heavy atom. The summed E-state index contributed by atoms with van der Waals surface area (Å²) in [6, 6.07) is 5.30. The molecule has 0 aromatic heterocycles. The Labute approximate surface area is 136 Å². The zero-order chi connectivity index (χ0) is 16.3. The number of rotatable bonds is 3. The van der Waals surface area contributed by atoms with Gasteiger partial charge in [-0.05, 0) is 38.0 Å². The summed E-state index contributed by atoms with van der Waals surface area (Å²) in [4.78, 5) is 16.2. The normalized spacial score (nSPS) is 19.7. The molecule has 6 heteroatoms. The van der Waals surface area contributed by atoms with E-state index in [4.69, 9.17) is 11.6 Å². The highest BCUT2D eigenvalue weighted by Crippen LogP contribution is 2.28. The number of aliphatic hydroxyl groups excluding tert-OH is 1. The Morgan fingerprint density at radius 3 is 2.86 bits per heavy atom. The summed E-state index contributed by atoms with van der Waals surface area (Å²) in [6.45, 7) is 3.08. The Kier molecular flexibility index (Phi) is 5.53. The maximum absolute atomic E-state index is 12.5. The molecule has 2 atom stereocenters. The number of anilines is 2. The first-order valence-corrected chi connectivity index (χ1v) is 7.97. The molecule has 2 amide bonds. The average Bonchev–Trinajstić information content (AvgIpc) is 2.47. The highest BCUT2D eigenvalue weighted by Gasteiger charge is 2.26. The van der Waals surface area contributed by atoms with Gasteiger partial charge in [0.15, 0.2) is 0 Å². The van der Waals surface area contributed by atoms with E-state index in [2.05, 4.69) is 5.32 Å². The number of hydrogen-bond donors (Lipinski definition) is 2. The second-order valence-electron chi connectivity index (χ2n) is 6.07. The van der Waals surface area contributed by atoms with Crippen molar-refractivity contribution >= 4 is 29.0 Å². The van der Waals surface area contributed by atoms with E-state index in [9.17, 15) is 9.90 Å². The van der Waals surface area contributed by atoms with Crippen molar-refractivity contribution in [2.75, 3.05) is 37.4 Å². The first-order chi connectivity index (χ1) is 10.4. The lowest BCUT2D eigenvalue weighted by Crippen LogP contribution is -2.44. The van der Waals surface area contributed by atoms with E-state index in [0.29, 0.717) is 23.8 Å². The monoisotopic (exact) mass is 325 g/mol. The molecule has 1 aromatic rings. The summed E-state index contributed by atoms with van der Waals surface area (Å²) in [7, 11) is 3.84. The quantitative estimate of drug-likeness (QED) is 0.898. The van der Waals surface area contributed by atoms with Crippen molar-refractivity contribution in [3.05, 3.63) is 23.2 Å². The number of nitrogens with zero attached hydrogens (tertiary/aromatic N) is 2. The first kappa shape index (κ1) is 16.9. The second-order valence-corrected chi connectivity index (χ2v) is 6.51. The third kappa shape index (κ3) is 4.05. The molecule has 0 radical (unpaired) electrons. The fraction of sp³-hybridized carbons (Fsp3) is 0.562. The summed E-state index contributed by atoms with van der Waals surface area (Å²) < 4.78 is 0. The summed E-state index contributed by atoms with van der Waals surface area (Å²) >= 11 is 6.04. The number of likely N-dealkylation sites (tertiary alicyclic amines) is 1. The van der Waals surface area contributed by atoms with Gasteiger partial charge in [0.1, 0.15) is 0 Å². The minimum Gasteiger partial charge on any atom is -0.393 e. The molecule has 1 fully saturated rings. The van der Waals surface area contributed by atoms with Crippen LogP contribution in [0.15, 0.2) is 18.2 Å². The molecule has 1 saturated heterocycles. The van der Waals surface area contributed by atoms with Crippen LogP contribution in [0.25, 0.3) is 0 Å². The standard InChI is InChI=1S/C16H24ClN3O2/c1-11(21)12-5-4-8-20(10-12)16(22)18-14-9-13(17)6-7-15(14)19(2)3/h6-7,9,11-12,21H,4-5,8,10H2,1-3H3,(H,18,22). The Bertz CT molecular complexity index is 534. The number of hydrogen-bond acceptors (Lipinski definition) is 3. The van der Waals surface area contributed by atoms with Gasteiger partial charge in [-0.25, -0.2) is 4.79 Å². The third-order valence-corrected chi connectivity index (χ3v) is 4.34. The highest BCUT2D eigenvalue weighted by atomic mass is 35.5. The highest BCUT2D eigenvalue weighted by molar-refractivity contribution is 6.31. The van der Waals surface area contributed by atoms with Crippen LogP contribution >= 0.6 is 11.6 Å². The van der Waals surface area contributed by atoms with Gasteiger partial charge in [0.2, 0.25) is 0 Å². The fourth-order valence-corrected chi connectivity index (χ4v) is 2.95. The molecular weight excluding hydrogens is 302 g/mol. The van der Waals surface area contributed by atoms with Crippen LogP contribution in [0.3, 0.4) is 0 Å². The fourth-order valence-electron chi connectivity index (χ4n) is 2.78. The van der Waals surface area contributed by atoms with E-state index in [0.717, 1.165) is 18.5 Å². The lowest BCUT2D eigenvalue weighted by atomic mass is 9.94. The van der Waals surface area contributed by atoms with Crippen molar-refractivity contribution in [3.8, 4) is 0 Å². The van der Waals surface area contributed by atoms with Crippen molar-refractivity contribution in [2.24, 2.45) is 5.92 Å². The number of urea groups is 1. The summed E-state index contributed by atoms with van der Waals surface area (Å²) in [5.74, 6) is 0.146. The molecule has 1 aliphatic heterocycles. The van der Waals surface area contributed by atoms with Gasteiger partial charge in [-0.1, -0.05) is 11.6 Å². The minimum absolute atomic E-state index is 0.143. The van der Waals surface area contributed by atoms with Crippen LogP contribution in [0.1, 0.15) is 19.8 Å². The second kappa shape index (κ2) is 7.20. The van der Waals surface area contributed by atoms with E-state index in [1.54, 1.807) is 24.0 Å². The van der Waals surface area contributed by atoms with Gasteiger partial charge in [-0.3, -0.25) is 0 Å². The molecule has 22 heavy (non-hydrogen) atoms. The molecule has 0 bridgehead atoms. The van der Waals surface area contributed by atoms with Gasteiger partial charge in [-0.2, -0.15) is 0 Å². The molecular formula is C16H24ClN3O2. The van der Waals surface area contributed by atoms with Crippen molar-refractivity contribution in [3.63, 3.8) is 0 Å². The average molecular weight is 326 g/mol. The van der Waals surface area contributed by atoms with Crippen LogP contribution in [0.5, 0.6) is 0 Å².